The van der Waals surface area contributed by atoms with Gasteiger partial charge in [0.1, 0.15) is 6.54 Å². The Morgan fingerprint density at radius 1 is 1.36 bits per heavy atom. The van der Waals surface area contributed by atoms with Crippen molar-refractivity contribution in [3.63, 3.8) is 0 Å². The van der Waals surface area contributed by atoms with Crippen LogP contribution in [0.3, 0.4) is 0 Å². The van der Waals surface area contributed by atoms with Gasteiger partial charge in [0.05, 0.1) is 16.0 Å². The van der Waals surface area contributed by atoms with Gasteiger partial charge in [0.2, 0.25) is 5.03 Å². The van der Waals surface area contributed by atoms with Gasteiger partial charge in [-0.2, -0.15) is 4.68 Å². The van der Waals surface area contributed by atoms with Gasteiger partial charge in [-0.3, -0.25) is 5.10 Å². The lowest BCUT2D eigenvalue weighted by Crippen LogP contribution is -2.37. The smallest absolute Gasteiger partial charge is 0.265 e. The van der Waals surface area contributed by atoms with Gasteiger partial charge < -0.3 is 0 Å². The molecule has 0 saturated heterocycles. The molecule has 0 fully saturated rings. The summed E-state index contributed by atoms with van der Waals surface area (Å²) in [7, 11) is 0. The molecule has 116 valence electrons. The fraction of sp³-hybridized carbons (Fsp3) is 0.455. The number of aromatic nitrogens is 9. The lowest BCUT2D eigenvalue weighted by molar-refractivity contribution is -0.756. The first kappa shape index (κ1) is 15.0. The van der Waals surface area contributed by atoms with Crippen LogP contribution < -0.4 is 9.36 Å². The summed E-state index contributed by atoms with van der Waals surface area (Å²) >= 11 is 3.25. The third kappa shape index (κ3) is 3.65. The average molecular weight is 339 g/mol. The molecular formula is C11H17N9S2+2. The summed E-state index contributed by atoms with van der Waals surface area (Å²) in [5.41, 5.74) is 0.938. The maximum Gasteiger partial charge on any atom is 0.278 e. The molecule has 3 rings (SSSR count). The lowest BCUT2D eigenvalue weighted by Gasteiger charge is -2.02. The first-order valence-electron chi connectivity index (χ1n) is 6.67. The Hall–Kier alpha value is -1.88. The average Bonchev–Trinajstić information content (AvgIpc) is 3.26. The van der Waals surface area contributed by atoms with Crippen LogP contribution in [-0.4, -0.2) is 42.3 Å². The van der Waals surface area contributed by atoms with E-state index in [2.05, 4.69) is 43.0 Å². The molecule has 3 aromatic heterocycles. The molecule has 0 aliphatic heterocycles. The molecule has 0 aliphatic rings. The van der Waals surface area contributed by atoms with Crippen molar-refractivity contribution < 1.29 is 9.36 Å². The van der Waals surface area contributed by atoms with Gasteiger partial charge in [-0.15, -0.1) is 14.9 Å². The highest BCUT2D eigenvalue weighted by molar-refractivity contribution is 7.98. The Morgan fingerprint density at radius 2 is 2.27 bits per heavy atom. The SMILES string of the molecule is CSc1c[n+](CSc2c[n+](CC(C)c3c[nH]nn3)[nH]n2)n[nH]1. The first-order valence-corrected chi connectivity index (χ1v) is 8.88. The standard InChI is InChI=1S/C11H15N9S2/c1-8(9-3-12-16-13-9)4-19-6-11(15-17-19)22-7-20-5-10(21-2)14-18-20/h3,5-6,8H,4,7H2,1-2H3,(H,12,13,16)/p+2. The van der Waals surface area contributed by atoms with Crippen LogP contribution in [0.2, 0.25) is 0 Å². The molecule has 1 unspecified atom stereocenters. The molecular weight excluding hydrogens is 322 g/mol. The molecule has 0 saturated carbocycles. The Labute approximate surface area is 135 Å². The molecule has 9 nitrogen and oxygen atoms in total. The normalized spacial score (nSPS) is 12.6. The number of nitrogens with one attached hydrogen (secondary N) is 3. The summed E-state index contributed by atoms with van der Waals surface area (Å²) in [6.45, 7) is 2.87. The molecule has 0 spiro atoms. The Bertz CT molecular complexity index is 705. The molecule has 3 aromatic rings. The van der Waals surface area contributed by atoms with Crippen molar-refractivity contribution in [3.8, 4) is 0 Å². The van der Waals surface area contributed by atoms with Crippen LogP contribution >= 0.6 is 23.5 Å². The van der Waals surface area contributed by atoms with Crippen molar-refractivity contribution in [2.75, 3.05) is 6.26 Å². The summed E-state index contributed by atoms with van der Waals surface area (Å²) in [6, 6.07) is 0. The van der Waals surface area contributed by atoms with E-state index in [1.165, 1.54) is 0 Å². The third-order valence-corrected chi connectivity index (χ3v) is 4.61. The zero-order valence-corrected chi connectivity index (χ0v) is 13.9. The number of rotatable bonds is 7. The molecule has 1 atom stereocenters. The summed E-state index contributed by atoms with van der Waals surface area (Å²) in [6.07, 6.45) is 7.79. The van der Waals surface area contributed by atoms with Gasteiger partial charge in [-0.05, 0) is 18.0 Å². The fourth-order valence-corrected chi connectivity index (χ4v) is 2.97. The molecule has 3 heterocycles. The van der Waals surface area contributed by atoms with E-state index >= 15 is 0 Å². The van der Waals surface area contributed by atoms with Gasteiger partial charge in [-0.25, -0.2) is 0 Å². The maximum atomic E-state index is 4.29. The van der Waals surface area contributed by atoms with Gasteiger partial charge in [0.15, 0.2) is 18.3 Å². The Kier molecular flexibility index (Phi) is 4.73. The molecule has 0 amide bonds. The van der Waals surface area contributed by atoms with E-state index in [1.807, 2.05) is 34.2 Å². The zero-order chi connectivity index (χ0) is 15.4. The lowest BCUT2D eigenvalue weighted by atomic mass is 10.1. The van der Waals surface area contributed by atoms with Crippen LogP contribution in [0.4, 0.5) is 0 Å². The molecule has 11 heteroatoms. The number of hydrogen-bond acceptors (Lipinski definition) is 6. The number of aromatic amines is 3. The number of H-pyrrole nitrogens is 3. The summed E-state index contributed by atoms with van der Waals surface area (Å²) in [5.74, 6) is 0.965. The van der Waals surface area contributed by atoms with E-state index in [4.69, 9.17) is 0 Å². The minimum atomic E-state index is 0.256. The highest BCUT2D eigenvalue weighted by atomic mass is 32.2. The highest BCUT2D eigenvalue weighted by Crippen LogP contribution is 2.14. The van der Waals surface area contributed by atoms with E-state index in [-0.39, 0.29) is 5.92 Å². The Balaban J connectivity index is 1.54. The quantitative estimate of drug-likeness (QED) is 0.416. The summed E-state index contributed by atoms with van der Waals surface area (Å²) < 4.78 is 3.80. The van der Waals surface area contributed by atoms with Gasteiger partial charge in [-0.1, -0.05) is 29.1 Å². The van der Waals surface area contributed by atoms with Crippen LogP contribution in [0.25, 0.3) is 0 Å². The van der Waals surface area contributed by atoms with Crippen molar-refractivity contribution in [3.05, 3.63) is 24.3 Å². The summed E-state index contributed by atoms with van der Waals surface area (Å²) in [4.78, 5) is 0. The van der Waals surface area contributed by atoms with E-state index in [1.54, 1.807) is 23.5 Å². The monoisotopic (exact) mass is 339 g/mol. The zero-order valence-electron chi connectivity index (χ0n) is 12.2. The fourth-order valence-electron chi connectivity index (χ4n) is 1.91. The largest absolute Gasteiger partial charge is 0.278 e. The highest BCUT2D eigenvalue weighted by Gasteiger charge is 2.17. The third-order valence-electron chi connectivity index (χ3n) is 3.09. The predicted molar refractivity (Wildman–Crippen MR) is 80.0 cm³/mol. The van der Waals surface area contributed by atoms with Crippen molar-refractivity contribution in [1.82, 2.24) is 36.0 Å². The van der Waals surface area contributed by atoms with E-state index in [9.17, 15) is 0 Å². The predicted octanol–water partition coefficient (Wildman–Crippen LogP) is 0.101. The van der Waals surface area contributed by atoms with Crippen molar-refractivity contribution in [2.24, 2.45) is 0 Å². The van der Waals surface area contributed by atoms with Crippen LogP contribution in [-0.2, 0) is 12.4 Å². The maximum absolute atomic E-state index is 4.29. The van der Waals surface area contributed by atoms with Gasteiger partial charge in [0, 0.05) is 12.1 Å². The van der Waals surface area contributed by atoms with E-state index in [0.29, 0.717) is 5.88 Å². The second kappa shape index (κ2) is 6.92. The molecule has 3 N–H and O–H groups in total. The van der Waals surface area contributed by atoms with Crippen molar-refractivity contribution in [1.29, 1.82) is 0 Å². The molecule has 0 bridgehead atoms. The van der Waals surface area contributed by atoms with Crippen LogP contribution in [0.1, 0.15) is 18.5 Å². The van der Waals surface area contributed by atoms with Crippen molar-refractivity contribution >= 4 is 23.5 Å². The van der Waals surface area contributed by atoms with Gasteiger partial charge >= 0.3 is 0 Å². The first-order chi connectivity index (χ1) is 10.7. The van der Waals surface area contributed by atoms with Crippen LogP contribution in [0.5, 0.6) is 0 Å². The van der Waals surface area contributed by atoms with E-state index in [0.717, 1.165) is 22.3 Å². The second-order valence-electron chi connectivity index (χ2n) is 4.75. The Morgan fingerprint density at radius 3 is 3.00 bits per heavy atom. The van der Waals surface area contributed by atoms with E-state index < -0.39 is 0 Å². The minimum absolute atomic E-state index is 0.256. The van der Waals surface area contributed by atoms with Crippen molar-refractivity contribution in [2.45, 2.75) is 35.3 Å². The molecule has 0 aromatic carbocycles. The number of hydrogen-bond donors (Lipinski definition) is 3. The topological polar surface area (TPSA) is 107 Å². The van der Waals surface area contributed by atoms with Crippen LogP contribution in [0, 0.1) is 0 Å². The molecule has 22 heavy (non-hydrogen) atoms. The number of nitrogens with zero attached hydrogens (tertiary/aromatic N) is 6. The molecule has 0 aliphatic carbocycles. The van der Waals surface area contributed by atoms with Crippen LogP contribution in [0.15, 0.2) is 28.6 Å². The summed E-state index contributed by atoms with van der Waals surface area (Å²) in [5, 5.41) is 26.9. The molecule has 0 radical (unpaired) electrons. The number of thioether (sulfide) groups is 2. The minimum Gasteiger partial charge on any atom is -0.265 e. The van der Waals surface area contributed by atoms with Gasteiger partial charge in [0.25, 0.3) is 5.03 Å². The second-order valence-corrected chi connectivity index (χ2v) is 6.57.